The van der Waals surface area contributed by atoms with E-state index in [1.807, 2.05) is 24.3 Å². The smallest absolute Gasteiger partial charge is 0.267 e. The van der Waals surface area contributed by atoms with Crippen LogP contribution in [0.1, 0.15) is 35.7 Å². The second-order valence-corrected chi connectivity index (χ2v) is 8.01. The Hall–Kier alpha value is -2.81. The number of likely N-dealkylation sites (tertiary alicyclic amines) is 1. The molecule has 3 rings (SSSR count). The second-order valence-electron chi connectivity index (χ2n) is 8.01. The van der Waals surface area contributed by atoms with E-state index in [1.165, 1.54) is 11.0 Å². The molecule has 8 heteroatoms. The number of halogens is 1. The van der Waals surface area contributed by atoms with Crippen LogP contribution in [0, 0.1) is 0 Å². The summed E-state index contributed by atoms with van der Waals surface area (Å²) in [7, 11) is 0. The molecule has 0 unspecified atom stereocenters. The van der Waals surface area contributed by atoms with Crippen molar-refractivity contribution in [3.63, 3.8) is 0 Å². The molecule has 1 fully saturated rings. The molecule has 166 valence electrons. The molecule has 0 spiro atoms. The summed E-state index contributed by atoms with van der Waals surface area (Å²) in [5.41, 5.74) is 10.8. The first kappa shape index (κ1) is 22.9. The number of carbonyl (C=O) groups excluding carboxylic acids is 2. The zero-order chi connectivity index (χ0) is 22.4. The predicted molar refractivity (Wildman–Crippen MR) is 116 cm³/mol. The van der Waals surface area contributed by atoms with Crippen LogP contribution in [0.4, 0.5) is 4.39 Å². The third-order valence-corrected chi connectivity index (χ3v) is 5.56. The van der Waals surface area contributed by atoms with Gasteiger partial charge in [-0.2, -0.15) is 0 Å². The van der Waals surface area contributed by atoms with Crippen molar-refractivity contribution in [2.45, 2.75) is 44.6 Å². The average molecular weight is 429 g/mol. The molecule has 2 aromatic rings. The Labute approximate surface area is 181 Å². The minimum atomic E-state index is -1.04. The lowest BCUT2D eigenvalue weighted by Gasteiger charge is -2.28. The molecule has 5 N–H and O–H groups in total. The molecule has 1 aliphatic rings. The third kappa shape index (κ3) is 6.10. The first-order chi connectivity index (χ1) is 14.9. The SMILES string of the molecule is C[C@@H](N)[C@H](NC(=O)c1ccc(-c2ccc(CN3CCC(F)CC3)cc2)cc1)C(=O)NO. The number of amides is 2. The number of hydrogen-bond acceptors (Lipinski definition) is 5. The Morgan fingerprint density at radius 2 is 1.65 bits per heavy atom. The summed E-state index contributed by atoms with van der Waals surface area (Å²) in [5.74, 6) is -1.22. The number of hydrogen-bond donors (Lipinski definition) is 4. The van der Waals surface area contributed by atoms with E-state index < -0.39 is 30.1 Å². The van der Waals surface area contributed by atoms with Crippen LogP contribution < -0.4 is 16.5 Å². The highest BCUT2D eigenvalue weighted by atomic mass is 19.1. The summed E-state index contributed by atoms with van der Waals surface area (Å²) < 4.78 is 13.3. The lowest BCUT2D eigenvalue weighted by Crippen LogP contribution is -2.54. The van der Waals surface area contributed by atoms with Gasteiger partial charge in [0.2, 0.25) is 0 Å². The van der Waals surface area contributed by atoms with E-state index in [1.54, 1.807) is 19.1 Å². The van der Waals surface area contributed by atoms with Gasteiger partial charge in [0, 0.05) is 31.2 Å². The Morgan fingerprint density at radius 3 is 2.16 bits per heavy atom. The van der Waals surface area contributed by atoms with E-state index in [4.69, 9.17) is 10.9 Å². The molecule has 1 aliphatic heterocycles. The van der Waals surface area contributed by atoms with Crippen molar-refractivity contribution in [3.8, 4) is 11.1 Å². The van der Waals surface area contributed by atoms with Crippen molar-refractivity contribution in [1.82, 2.24) is 15.7 Å². The van der Waals surface area contributed by atoms with Gasteiger partial charge in [0.1, 0.15) is 12.2 Å². The Morgan fingerprint density at radius 1 is 1.10 bits per heavy atom. The molecule has 7 nitrogen and oxygen atoms in total. The number of alkyl halides is 1. The molecular weight excluding hydrogens is 399 g/mol. The van der Waals surface area contributed by atoms with Crippen molar-refractivity contribution < 1.29 is 19.2 Å². The van der Waals surface area contributed by atoms with Crippen LogP contribution in [0.15, 0.2) is 48.5 Å². The lowest BCUT2D eigenvalue weighted by atomic mass is 10.0. The summed E-state index contributed by atoms with van der Waals surface area (Å²) in [4.78, 5) is 26.3. The van der Waals surface area contributed by atoms with Crippen LogP contribution in [-0.2, 0) is 11.3 Å². The lowest BCUT2D eigenvalue weighted by molar-refractivity contribution is -0.131. The minimum absolute atomic E-state index is 0.382. The largest absolute Gasteiger partial charge is 0.339 e. The molecular formula is C23H29FN4O3. The average Bonchev–Trinajstić information content (AvgIpc) is 2.79. The van der Waals surface area contributed by atoms with Crippen molar-refractivity contribution in [3.05, 3.63) is 59.7 Å². The summed E-state index contributed by atoms with van der Waals surface area (Å²) in [6, 6.07) is 13.5. The summed E-state index contributed by atoms with van der Waals surface area (Å²) in [5, 5.41) is 11.3. The molecule has 2 amide bonds. The number of benzene rings is 2. The number of nitrogens with zero attached hydrogens (tertiary/aromatic N) is 1. The van der Waals surface area contributed by atoms with Crippen LogP contribution in [0.25, 0.3) is 11.1 Å². The molecule has 31 heavy (non-hydrogen) atoms. The van der Waals surface area contributed by atoms with Crippen LogP contribution in [0.2, 0.25) is 0 Å². The second kappa shape index (κ2) is 10.5. The van der Waals surface area contributed by atoms with Crippen LogP contribution >= 0.6 is 0 Å². The molecule has 0 radical (unpaired) electrons. The normalized spacial score (nSPS) is 17.0. The van der Waals surface area contributed by atoms with Gasteiger partial charge in [-0.1, -0.05) is 36.4 Å². The van der Waals surface area contributed by atoms with E-state index in [0.29, 0.717) is 18.4 Å². The van der Waals surface area contributed by atoms with E-state index >= 15 is 0 Å². The number of piperidine rings is 1. The van der Waals surface area contributed by atoms with E-state index in [0.717, 1.165) is 30.8 Å². The van der Waals surface area contributed by atoms with Gasteiger partial charge < -0.3 is 11.1 Å². The molecule has 0 saturated carbocycles. The Kier molecular flexibility index (Phi) is 7.73. The van der Waals surface area contributed by atoms with E-state index in [-0.39, 0.29) is 0 Å². The summed E-state index contributed by atoms with van der Waals surface area (Å²) >= 11 is 0. The topological polar surface area (TPSA) is 108 Å². The Bertz CT molecular complexity index is 879. The van der Waals surface area contributed by atoms with E-state index in [2.05, 4.69) is 22.3 Å². The number of hydroxylamine groups is 1. The van der Waals surface area contributed by atoms with Gasteiger partial charge in [-0.3, -0.25) is 19.7 Å². The number of rotatable bonds is 7. The van der Waals surface area contributed by atoms with Gasteiger partial charge in [0.25, 0.3) is 11.8 Å². The van der Waals surface area contributed by atoms with Gasteiger partial charge in [0.05, 0.1) is 0 Å². The van der Waals surface area contributed by atoms with Gasteiger partial charge >= 0.3 is 0 Å². The molecule has 2 atom stereocenters. The monoisotopic (exact) mass is 428 g/mol. The highest BCUT2D eigenvalue weighted by molar-refractivity contribution is 5.98. The maximum absolute atomic E-state index is 13.3. The van der Waals surface area contributed by atoms with Gasteiger partial charge in [-0.05, 0) is 48.6 Å². The molecule has 0 bridgehead atoms. The maximum Gasteiger partial charge on any atom is 0.267 e. The fourth-order valence-electron chi connectivity index (χ4n) is 3.66. The van der Waals surface area contributed by atoms with E-state index in [9.17, 15) is 14.0 Å². The molecule has 2 aromatic carbocycles. The first-order valence-corrected chi connectivity index (χ1v) is 10.4. The van der Waals surface area contributed by atoms with Crippen molar-refractivity contribution in [2.24, 2.45) is 5.73 Å². The molecule has 1 heterocycles. The number of carbonyl (C=O) groups is 2. The minimum Gasteiger partial charge on any atom is -0.339 e. The fourth-order valence-corrected chi connectivity index (χ4v) is 3.66. The standard InChI is InChI=1S/C23H29FN4O3/c1-15(25)21(23(30)27-31)26-22(29)19-8-6-18(7-9-19)17-4-2-16(3-5-17)14-28-12-10-20(24)11-13-28/h2-9,15,20-21,31H,10-14,25H2,1H3,(H,26,29)(H,27,30)/t15-,21+/m1/s1. The van der Waals surface area contributed by atoms with Gasteiger partial charge in [0.15, 0.2) is 0 Å². The third-order valence-electron chi connectivity index (χ3n) is 5.56. The molecule has 0 aliphatic carbocycles. The highest BCUT2D eigenvalue weighted by Gasteiger charge is 2.24. The summed E-state index contributed by atoms with van der Waals surface area (Å²) in [6.45, 7) is 3.96. The van der Waals surface area contributed by atoms with Crippen molar-refractivity contribution in [1.29, 1.82) is 0 Å². The van der Waals surface area contributed by atoms with Crippen LogP contribution in [0.5, 0.6) is 0 Å². The zero-order valence-corrected chi connectivity index (χ0v) is 17.6. The maximum atomic E-state index is 13.3. The highest BCUT2D eigenvalue weighted by Crippen LogP contribution is 2.22. The first-order valence-electron chi connectivity index (χ1n) is 10.4. The van der Waals surface area contributed by atoms with Crippen molar-refractivity contribution >= 4 is 11.8 Å². The van der Waals surface area contributed by atoms with Crippen LogP contribution in [-0.4, -0.2) is 53.3 Å². The Balaban J connectivity index is 1.61. The zero-order valence-electron chi connectivity index (χ0n) is 17.6. The molecule has 1 saturated heterocycles. The van der Waals surface area contributed by atoms with Crippen molar-refractivity contribution in [2.75, 3.05) is 13.1 Å². The fraction of sp³-hybridized carbons (Fsp3) is 0.391. The number of nitrogens with one attached hydrogen (secondary N) is 2. The predicted octanol–water partition coefficient (Wildman–Crippen LogP) is 2.24. The number of nitrogens with two attached hydrogens (primary N) is 1. The van der Waals surface area contributed by atoms with Gasteiger partial charge in [-0.15, -0.1) is 0 Å². The van der Waals surface area contributed by atoms with Gasteiger partial charge in [-0.25, -0.2) is 9.87 Å². The molecule has 0 aromatic heterocycles. The summed E-state index contributed by atoms with van der Waals surface area (Å²) in [6.07, 6.45) is 0.543. The van der Waals surface area contributed by atoms with Crippen LogP contribution in [0.3, 0.4) is 0 Å². The quantitative estimate of drug-likeness (QED) is 0.400.